The van der Waals surface area contributed by atoms with Gasteiger partial charge in [-0.1, -0.05) is 36.4 Å². The summed E-state index contributed by atoms with van der Waals surface area (Å²) in [5, 5.41) is 2.49. The summed E-state index contributed by atoms with van der Waals surface area (Å²) in [6.07, 6.45) is 2.36. The molecule has 1 heterocycles. The summed E-state index contributed by atoms with van der Waals surface area (Å²) >= 11 is 0. The number of ether oxygens (including phenoxy) is 1. The largest absolute Gasteiger partial charge is 0.443 e. The zero-order chi connectivity index (χ0) is 21.8. The third-order valence-corrected chi connectivity index (χ3v) is 7.18. The van der Waals surface area contributed by atoms with Gasteiger partial charge in [0.25, 0.3) is 0 Å². The predicted molar refractivity (Wildman–Crippen MR) is 113 cm³/mol. The first kappa shape index (κ1) is 19.8. The van der Waals surface area contributed by atoms with Gasteiger partial charge >= 0.3 is 12.1 Å². The highest BCUT2D eigenvalue weighted by atomic mass is 19.1. The van der Waals surface area contributed by atoms with Crippen LogP contribution >= 0.6 is 0 Å². The van der Waals surface area contributed by atoms with Gasteiger partial charge in [-0.15, -0.1) is 0 Å². The van der Waals surface area contributed by atoms with Gasteiger partial charge in [-0.25, -0.2) is 14.0 Å². The molecule has 0 saturated heterocycles. The molecule has 6 rings (SSSR count). The normalized spacial score (nSPS) is 28.0. The number of rotatable bonds is 3. The molecule has 1 aliphatic heterocycles. The molecule has 0 radical (unpaired) electrons. The van der Waals surface area contributed by atoms with E-state index in [1.165, 1.54) is 17.7 Å². The number of benzene rings is 2. The summed E-state index contributed by atoms with van der Waals surface area (Å²) in [5.41, 5.74) is 2.51. The van der Waals surface area contributed by atoms with E-state index in [2.05, 4.69) is 17.4 Å². The van der Waals surface area contributed by atoms with Crippen molar-refractivity contribution >= 4 is 12.1 Å². The van der Waals surface area contributed by atoms with Crippen LogP contribution in [0.15, 0.2) is 48.5 Å². The van der Waals surface area contributed by atoms with E-state index < -0.39 is 11.7 Å². The summed E-state index contributed by atoms with van der Waals surface area (Å²) in [6.45, 7) is 0.595. The van der Waals surface area contributed by atoms with Crippen LogP contribution in [0.2, 0.25) is 0 Å². The maximum absolute atomic E-state index is 13.7. The van der Waals surface area contributed by atoms with Crippen molar-refractivity contribution in [3.05, 3.63) is 71.0 Å². The molecule has 4 aliphatic rings. The second kappa shape index (κ2) is 6.97. The SMILES string of the molecule is CNC(=O)OC12CC(N(C)C(=O)N3CCc4ccccc4[C@@H]3c3ccc(F)cc3)(C1)C2. The lowest BCUT2D eigenvalue weighted by atomic mass is 9.45. The fraction of sp³-hybridized carbons (Fsp3) is 0.417. The van der Waals surface area contributed by atoms with E-state index in [9.17, 15) is 14.0 Å². The molecule has 2 aromatic rings. The number of fused-ring (bicyclic) bond motifs is 1. The summed E-state index contributed by atoms with van der Waals surface area (Å²) in [4.78, 5) is 29.0. The van der Waals surface area contributed by atoms with Crippen molar-refractivity contribution in [2.75, 3.05) is 20.6 Å². The molecule has 0 unspecified atom stereocenters. The van der Waals surface area contributed by atoms with Gasteiger partial charge in [0.05, 0.1) is 11.6 Å². The molecule has 162 valence electrons. The number of alkyl carbamates (subject to hydrolysis) is 1. The smallest absolute Gasteiger partial charge is 0.407 e. The van der Waals surface area contributed by atoms with Crippen molar-refractivity contribution in [2.45, 2.75) is 42.9 Å². The van der Waals surface area contributed by atoms with Crippen LogP contribution in [-0.2, 0) is 11.2 Å². The summed E-state index contributed by atoms with van der Waals surface area (Å²) in [5.74, 6) is -0.293. The first-order valence-corrected chi connectivity index (χ1v) is 10.6. The van der Waals surface area contributed by atoms with Gasteiger partial charge in [0.1, 0.15) is 11.4 Å². The fourth-order valence-corrected chi connectivity index (χ4v) is 5.53. The van der Waals surface area contributed by atoms with E-state index >= 15 is 0 Å². The van der Waals surface area contributed by atoms with E-state index in [-0.39, 0.29) is 23.4 Å². The van der Waals surface area contributed by atoms with Crippen molar-refractivity contribution < 1.29 is 18.7 Å². The Morgan fingerprint density at radius 3 is 2.48 bits per heavy atom. The Morgan fingerprint density at radius 1 is 1.13 bits per heavy atom. The van der Waals surface area contributed by atoms with Crippen molar-refractivity contribution in [1.82, 2.24) is 15.1 Å². The van der Waals surface area contributed by atoms with Crippen molar-refractivity contribution in [1.29, 1.82) is 0 Å². The van der Waals surface area contributed by atoms with E-state index in [0.717, 1.165) is 17.5 Å². The molecule has 1 N–H and O–H groups in total. The number of urea groups is 1. The van der Waals surface area contributed by atoms with E-state index in [1.54, 1.807) is 19.2 Å². The maximum atomic E-state index is 13.7. The number of nitrogens with zero attached hydrogens (tertiary/aromatic N) is 2. The highest BCUT2D eigenvalue weighted by molar-refractivity contribution is 5.78. The molecule has 0 aromatic heterocycles. The lowest BCUT2D eigenvalue weighted by molar-refractivity contribution is -0.249. The number of carbonyl (C=O) groups is 2. The first-order valence-electron chi connectivity index (χ1n) is 10.6. The van der Waals surface area contributed by atoms with Gasteiger partial charge in [-0.2, -0.15) is 0 Å². The van der Waals surface area contributed by atoms with Crippen LogP contribution in [0.1, 0.15) is 42.0 Å². The van der Waals surface area contributed by atoms with Gasteiger partial charge in [0, 0.05) is 39.9 Å². The Morgan fingerprint density at radius 2 is 1.81 bits per heavy atom. The number of hydrogen-bond donors (Lipinski definition) is 1. The third-order valence-electron chi connectivity index (χ3n) is 7.18. The van der Waals surface area contributed by atoms with Crippen LogP contribution < -0.4 is 5.32 Å². The third kappa shape index (κ3) is 3.06. The van der Waals surface area contributed by atoms with Crippen molar-refractivity contribution in [3.8, 4) is 0 Å². The average molecular weight is 423 g/mol. The summed E-state index contributed by atoms with van der Waals surface area (Å²) < 4.78 is 19.1. The number of amides is 3. The molecular weight excluding hydrogens is 397 g/mol. The van der Waals surface area contributed by atoms with Crippen LogP contribution in [0.25, 0.3) is 0 Å². The number of nitrogens with one attached hydrogen (secondary N) is 1. The zero-order valence-corrected chi connectivity index (χ0v) is 17.7. The molecule has 6 nitrogen and oxygen atoms in total. The Bertz CT molecular complexity index is 1020. The van der Waals surface area contributed by atoms with Crippen LogP contribution in [0.5, 0.6) is 0 Å². The van der Waals surface area contributed by atoms with Gasteiger partial charge in [-0.3, -0.25) is 0 Å². The molecule has 3 aliphatic carbocycles. The summed E-state index contributed by atoms with van der Waals surface area (Å²) in [6, 6.07) is 14.2. The second-order valence-corrected chi connectivity index (χ2v) is 9.02. The molecule has 0 spiro atoms. The second-order valence-electron chi connectivity index (χ2n) is 9.02. The van der Waals surface area contributed by atoms with E-state index in [4.69, 9.17) is 4.74 Å². The van der Waals surface area contributed by atoms with Gasteiger partial charge < -0.3 is 19.9 Å². The van der Waals surface area contributed by atoms with Gasteiger partial charge in [0.2, 0.25) is 0 Å². The Labute approximate surface area is 181 Å². The minimum Gasteiger partial charge on any atom is -0.443 e. The molecule has 3 saturated carbocycles. The van der Waals surface area contributed by atoms with Crippen molar-refractivity contribution in [2.24, 2.45) is 0 Å². The Balaban J connectivity index is 1.39. The van der Waals surface area contributed by atoms with E-state index in [0.29, 0.717) is 25.8 Å². The maximum Gasteiger partial charge on any atom is 0.407 e. The quantitative estimate of drug-likeness (QED) is 0.816. The average Bonchev–Trinajstić information content (AvgIpc) is 2.74. The van der Waals surface area contributed by atoms with Crippen molar-refractivity contribution in [3.63, 3.8) is 0 Å². The highest BCUT2D eigenvalue weighted by Crippen LogP contribution is 2.65. The Kier molecular flexibility index (Phi) is 4.46. The van der Waals surface area contributed by atoms with Gasteiger partial charge in [0.15, 0.2) is 0 Å². The molecule has 31 heavy (non-hydrogen) atoms. The monoisotopic (exact) mass is 423 g/mol. The first-order chi connectivity index (χ1) is 14.9. The topological polar surface area (TPSA) is 61.9 Å². The van der Waals surface area contributed by atoms with Gasteiger partial charge in [-0.05, 0) is 35.2 Å². The lowest BCUT2D eigenvalue weighted by Gasteiger charge is -2.71. The van der Waals surface area contributed by atoms with Crippen LogP contribution in [0.4, 0.5) is 14.0 Å². The highest BCUT2D eigenvalue weighted by Gasteiger charge is 2.73. The van der Waals surface area contributed by atoms with Crippen LogP contribution in [0, 0.1) is 5.82 Å². The zero-order valence-electron chi connectivity index (χ0n) is 17.7. The summed E-state index contributed by atoms with van der Waals surface area (Å²) in [7, 11) is 3.39. The lowest BCUT2D eigenvalue weighted by Crippen LogP contribution is -2.80. The number of carbonyl (C=O) groups excluding carboxylic acids is 2. The molecular formula is C24H26FN3O3. The standard InChI is InChI=1S/C24H26FN3O3/c1-26-21(29)31-24-13-23(14-24,15-24)27(2)22(30)28-12-11-16-5-3-4-6-19(16)20(28)17-7-9-18(25)10-8-17/h3-10,20H,11-15H2,1-2H3,(H,26,29)/t20-,23?,24?/m0/s1. The molecule has 2 bridgehead atoms. The molecule has 2 aromatic carbocycles. The van der Waals surface area contributed by atoms with Crippen LogP contribution in [-0.4, -0.2) is 53.7 Å². The number of halogens is 1. The molecule has 7 heteroatoms. The van der Waals surface area contributed by atoms with E-state index in [1.807, 2.05) is 29.0 Å². The fourth-order valence-electron chi connectivity index (χ4n) is 5.53. The molecule has 1 atom stereocenters. The number of hydrogen-bond acceptors (Lipinski definition) is 3. The minimum absolute atomic E-state index is 0.0444. The minimum atomic E-state index is -0.431. The predicted octanol–water partition coefficient (Wildman–Crippen LogP) is 3.86. The Hall–Kier alpha value is -3.09. The van der Waals surface area contributed by atoms with Crippen LogP contribution in [0.3, 0.4) is 0 Å². The molecule has 3 fully saturated rings. The molecule has 3 amide bonds.